The van der Waals surface area contributed by atoms with E-state index in [2.05, 4.69) is 15.1 Å². The molecule has 5 heteroatoms. The number of nitrogens with zero attached hydrogens (tertiary/aromatic N) is 3. The van der Waals surface area contributed by atoms with E-state index in [1.165, 1.54) is 0 Å². The van der Waals surface area contributed by atoms with E-state index < -0.39 is 0 Å². The predicted octanol–water partition coefficient (Wildman–Crippen LogP) is 3.05. The number of pyridine rings is 1. The van der Waals surface area contributed by atoms with Crippen molar-refractivity contribution in [2.24, 2.45) is 5.92 Å². The Balaban J connectivity index is 1.97. The molecule has 0 amide bonds. The smallest absolute Gasteiger partial charge is 0.234 e. The molecule has 0 fully saturated rings. The monoisotopic (exact) mass is 281 g/mol. The molecular formula is C16H15N3O2. The molecule has 5 nitrogen and oxygen atoms in total. The predicted molar refractivity (Wildman–Crippen MR) is 78.6 cm³/mol. The molecule has 0 saturated heterocycles. The highest BCUT2D eigenvalue weighted by Crippen LogP contribution is 2.24. The van der Waals surface area contributed by atoms with Crippen LogP contribution in [0.25, 0.3) is 22.3 Å². The molecule has 3 rings (SSSR count). The molecule has 2 heterocycles. The van der Waals surface area contributed by atoms with Crippen LogP contribution in [0.1, 0.15) is 19.7 Å². The Morgan fingerprint density at radius 3 is 2.86 bits per heavy atom. The lowest BCUT2D eigenvalue weighted by Crippen LogP contribution is -2.10. The first kappa shape index (κ1) is 13.4. The molecule has 1 aromatic carbocycles. The minimum absolute atomic E-state index is 0.0453. The average molecular weight is 281 g/mol. The van der Waals surface area contributed by atoms with E-state index >= 15 is 0 Å². The number of fused-ring (bicyclic) bond motifs is 1. The van der Waals surface area contributed by atoms with Gasteiger partial charge in [-0.05, 0) is 11.5 Å². The van der Waals surface area contributed by atoms with Crippen molar-refractivity contribution in [3.05, 3.63) is 42.4 Å². The first-order valence-electron chi connectivity index (χ1n) is 6.84. The van der Waals surface area contributed by atoms with E-state index in [4.69, 9.17) is 4.52 Å². The molecule has 0 N–H and O–H groups in total. The number of hydrogen-bond donors (Lipinski definition) is 0. The summed E-state index contributed by atoms with van der Waals surface area (Å²) in [5.74, 6) is 0.781. The molecule has 2 aromatic heterocycles. The van der Waals surface area contributed by atoms with Crippen molar-refractivity contribution >= 4 is 16.6 Å². The molecule has 3 aromatic rings. The van der Waals surface area contributed by atoms with Crippen LogP contribution in [0.4, 0.5) is 0 Å². The molecule has 106 valence electrons. The van der Waals surface area contributed by atoms with E-state index in [0.29, 0.717) is 17.4 Å². The van der Waals surface area contributed by atoms with Gasteiger partial charge >= 0.3 is 0 Å². The maximum atomic E-state index is 11.7. The lowest BCUT2D eigenvalue weighted by atomic mass is 10.1. The molecule has 21 heavy (non-hydrogen) atoms. The third-order valence-electron chi connectivity index (χ3n) is 3.32. The molecule has 0 atom stereocenters. The normalized spacial score (nSPS) is 11.2. The zero-order valence-electron chi connectivity index (χ0n) is 11.9. The van der Waals surface area contributed by atoms with Crippen LogP contribution in [-0.4, -0.2) is 20.9 Å². The number of rotatable bonds is 4. The number of Topliss-reactive ketones (excluding diaryl/α,β-unsaturated/α-hetero) is 1. The fourth-order valence-electron chi connectivity index (χ4n) is 2.07. The molecule has 0 saturated carbocycles. The molecule has 0 unspecified atom stereocenters. The molecule has 0 aliphatic carbocycles. The van der Waals surface area contributed by atoms with Gasteiger partial charge in [0.1, 0.15) is 11.5 Å². The Morgan fingerprint density at radius 1 is 1.24 bits per heavy atom. The Bertz CT molecular complexity index is 788. The lowest BCUT2D eigenvalue weighted by molar-refractivity contribution is -0.121. The minimum Gasteiger partial charge on any atom is -0.338 e. The van der Waals surface area contributed by atoms with Crippen LogP contribution in [0, 0.1) is 5.92 Å². The first-order valence-corrected chi connectivity index (χ1v) is 6.84. The maximum absolute atomic E-state index is 11.7. The third kappa shape index (κ3) is 2.67. The number of hydrogen-bond acceptors (Lipinski definition) is 5. The minimum atomic E-state index is -0.0453. The quantitative estimate of drug-likeness (QED) is 0.735. The zero-order chi connectivity index (χ0) is 14.8. The van der Waals surface area contributed by atoms with Gasteiger partial charge in [0.05, 0.1) is 6.42 Å². The van der Waals surface area contributed by atoms with E-state index in [-0.39, 0.29) is 18.1 Å². The van der Waals surface area contributed by atoms with Gasteiger partial charge in [-0.1, -0.05) is 43.3 Å². The van der Waals surface area contributed by atoms with Gasteiger partial charge in [-0.2, -0.15) is 4.98 Å². The highest BCUT2D eigenvalue weighted by atomic mass is 16.5. The van der Waals surface area contributed by atoms with Crippen LogP contribution >= 0.6 is 0 Å². The van der Waals surface area contributed by atoms with Crippen molar-refractivity contribution in [3.8, 4) is 11.5 Å². The number of carbonyl (C=O) groups is 1. The van der Waals surface area contributed by atoms with Gasteiger partial charge in [0.25, 0.3) is 0 Å². The summed E-state index contributed by atoms with van der Waals surface area (Å²) >= 11 is 0. The maximum Gasteiger partial charge on any atom is 0.234 e. The van der Waals surface area contributed by atoms with Crippen LogP contribution in [0.3, 0.4) is 0 Å². The van der Waals surface area contributed by atoms with Crippen LogP contribution in [0.2, 0.25) is 0 Å². The van der Waals surface area contributed by atoms with Gasteiger partial charge < -0.3 is 4.52 Å². The van der Waals surface area contributed by atoms with Gasteiger partial charge in [-0.3, -0.25) is 9.78 Å². The summed E-state index contributed by atoms with van der Waals surface area (Å²) in [6.07, 6.45) is 1.88. The Hall–Kier alpha value is -2.56. The third-order valence-corrected chi connectivity index (χ3v) is 3.32. The zero-order valence-corrected chi connectivity index (χ0v) is 11.9. The fourth-order valence-corrected chi connectivity index (χ4v) is 2.07. The first-order chi connectivity index (χ1) is 10.1. The van der Waals surface area contributed by atoms with Crippen molar-refractivity contribution in [1.29, 1.82) is 0 Å². The van der Waals surface area contributed by atoms with Gasteiger partial charge in [0.2, 0.25) is 11.7 Å². The van der Waals surface area contributed by atoms with Crippen molar-refractivity contribution in [3.63, 3.8) is 0 Å². The second-order valence-electron chi connectivity index (χ2n) is 5.19. The molecule has 0 radical (unpaired) electrons. The van der Waals surface area contributed by atoms with Gasteiger partial charge in [-0.25, -0.2) is 0 Å². The fraction of sp³-hybridized carbons (Fsp3) is 0.250. The lowest BCUT2D eigenvalue weighted by Gasteiger charge is -2.00. The molecule has 0 spiro atoms. The number of benzene rings is 1. The Labute approximate surface area is 122 Å². The topological polar surface area (TPSA) is 68.9 Å². The highest BCUT2D eigenvalue weighted by molar-refractivity contribution is 5.92. The highest BCUT2D eigenvalue weighted by Gasteiger charge is 2.16. The van der Waals surface area contributed by atoms with E-state index in [1.54, 1.807) is 6.20 Å². The van der Waals surface area contributed by atoms with Crippen molar-refractivity contribution in [2.45, 2.75) is 20.3 Å². The van der Waals surface area contributed by atoms with Gasteiger partial charge in [0.15, 0.2) is 0 Å². The van der Waals surface area contributed by atoms with E-state index in [1.807, 2.05) is 44.2 Å². The second-order valence-corrected chi connectivity index (χ2v) is 5.19. The standard InChI is InChI=1S/C16H15N3O2/c1-10(2)13(20)9-14-18-16(19-21-14)15-12-6-4-3-5-11(12)7-8-17-15/h3-8,10H,9H2,1-2H3. The van der Waals surface area contributed by atoms with E-state index in [9.17, 15) is 4.79 Å². The summed E-state index contributed by atoms with van der Waals surface area (Å²) in [7, 11) is 0. The van der Waals surface area contributed by atoms with Crippen LogP contribution < -0.4 is 0 Å². The second kappa shape index (κ2) is 5.44. The van der Waals surface area contributed by atoms with Crippen molar-refractivity contribution < 1.29 is 9.32 Å². The van der Waals surface area contributed by atoms with Gasteiger partial charge in [-0.15, -0.1) is 0 Å². The largest absolute Gasteiger partial charge is 0.338 e. The van der Waals surface area contributed by atoms with Crippen LogP contribution in [-0.2, 0) is 11.2 Å². The SMILES string of the molecule is CC(C)C(=O)Cc1nc(-c2nccc3ccccc23)no1. The van der Waals surface area contributed by atoms with Gasteiger partial charge in [0, 0.05) is 17.5 Å². The number of carbonyl (C=O) groups excluding carboxylic acids is 1. The van der Waals surface area contributed by atoms with Crippen LogP contribution in [0.5, 0.6) is 0 Å². The van der Waals surface area contributed by atoms with E-state index in [0.717, 1.165) is 10.8 Å². The summed E-state index contributed by atoms with van der Waals surface area (Å²) in [5, 5.41) is 5.97. The molecule has 0 aliphatic rings. The Morgan fingerprint density at radius 2 is 2.05 bits per heavy atom. The number of ketones is 1. The molecular weight excluding hydrogens is 266 g/mol. The number of aromatic nitrogens is 3. The summed E-state index contributed by atoms with van der Waals surface area (Å²) in [4.78, 5) is 20.4. The molecule has 0 aliphatic heterocycles. The summed E-state index contributed by atoms with van der Waals surface area (Å²) in [6, 6.07) is 9.81. The van der Waals surface area contributed by atoms with Crippen molar-refractivity contribution in [2.75, 3.05) is 0 Å². The Kier molecular flexibility index (Phi) is 3.48. The van der Waals surface area contributed by atoms with Crippen molar-refractivity contribution in [1.82, 2.24) is 15.1 Å². The average Bonchev–Trinajstić information content (AvgIpc) is 2.95. The summed E-state index contributed by atoms with van der Waals surface area (Å²) < 4.78 is 5.17. The summed E-state index contributed by atoms with van der Waals surface area (Å²) in [5.41, 5.74) is 0.667. The molecule has 0 bridgehead atoms. The van der Waals surface area contributed by atoms with Crippen LogP contribution in [0.15, 0.2) is 41.1 Å². The summed E-state index contributed by atoms with van der Waals surface area (Å²) in [6.45, 7) is 3.71.